The Morgan fingerprint density at radius 2 is 2.22 bits per heavy atom. The Kier molecular flexibility index (Phi) is 7.82. The number of nitriles is 1. The van der Waals surface area contributed by atoms with E-state index in [4.69, 9.17) is 14.7 Å². The number of halogens is 3. The third kappa shape index (κ3) is 6.11. The number of hydrogen-bond acceptors (Lipinski definition) is 9. The molecule has 0 aromatic carbocycles. The van der Waals surface area contributed by atoms with E-state index in [1.165, 1.54) is 6.20 Å². The van der Waals surface area contributed by atoms with Gasteiger partial charge in [0.1, 0.15) is 11.6 Å². The molecule has 0 spiro atoms. The van der Waals surface area contributed by atoms with Crippen LogP contribution >= 0.6 is 0 Å². The second-order valence-electron chi connectivity index (χ2n) is 8.84. The van der Waals surface area contributed by atoms with Crippen LogP contribution in [0.5, 0.6) is 5.75 Å². The molecule has 14 heteroatoms. The molecule has 0 aliphatic carbocycles. The summed E-state index contributed by atoms with van der Waals surface area (Å²) >= 11 is 0. The van der Waals surface area contributed by atoms with E-state index in [1.807, 2.05) is 0 Å². The van der Waals surface area contributed by atoms with Crippen LogP contribution in [0.3, 0.4) is 0 Å². The van der Waals surface area contributed by atoms with Gasteiger partial charge in [0, 0.05) is 44.4 Å². The lowest BCUT2D eigenvalue weighted by molar-refractivity contribution is -0.138. The molecule has 11 nitrogen and oxygen atoms in total. The Morgan fingerprint density at radius 1 is 1.41 bits per heavy atom. The number of carbonyl (C=O) groups excluding carboxylic acids is 1. The van der Waals surface area contributed by atoms with Crippen LogP contribution < -0.4 is 20.5 Å². The molecule has 1 saturated heterocycles. The number of aromatic amines is 1. The van der Waals surface area contributed by atoms with Crippen LogP contribution in [0.4, 0.5) is 24.7 Å². The molecule has 4 rings (SSSR count). The molecule has 2 aromatic rings. The minimum absolute atomic E-state index is 0.0231. The van der Waals surface area contributed by atoms with E-state index in [1.54, 1.807) is 23.0 Å². The Hall–Kier alpha value is -3.86. The first-order valence-electron chi connectivity index (χ1n) is 11.7. The summed E-state index contributed by atoms with van der Waals surface area (Å²) in [5, 5.41) is 16.9. The number of H-pyrrole nitrogens is 1. The number of nitrogens with one attached hydrogen (secondary N) is 2. The van der Waals surface area contributed by atoms with Crippen molar-refractivity contribution in [3.05, 3.63) is 39.9 Å². The van der Waals surface area contributed by atoms with Gasteiger partial charge in [-0.1, -0.05) is 0 Å². The molecule has 4 heterocycles. The first-order valence-corrected chi connectivity index (χ1v) is 11.7. The summed E-state index contributed by atoms with van der Waals surface area (Å²) in [4.78, 5) is 32.6. The quantitative estimate of drug-likeness (QED) is 0.522. The number of hydrogen-bond donors (Lipinski definition) is 2. The summed E-state index contributed by atoms with van der Waals surface area (Å²) < 4.78 is 50.8. The number of pyridine rings is 1. The highest BCUT2D eigenvalue weighted by Gasteiger charge is 2.37. The normalized spacial score (nSPS) is 18.1. The lowest BCUT2D eigenvalue weighted by Gasteiger charge is -2.41. The van der Waals surface area contributed by atoms with Gasteiger partial charge in [-0.3, -0.25) is 9.59 Å². The van der Waals surface area contributed by atoms with Crippen molar-refractivity contribution in [2.75, 3.05) is 49.7 Å². The fourth-order valence-electron chi connectivity index (χ4n) is 4.41. The standard InChI is InChI=1S/C23H26F3N7O4/c1-14(30-17-11-29-31-22(35)20(17)23(24,25)26)13-36-6-3-19(34)32-4-5-33-16(12-32)2-7-37-18-8-15(9-27)10-28-21(18)33/h8,10-11,14,16H,2-7,12-13H2,1H3,(H2,30,31,35)/t14-,16+/m0/s1. The van der Waals surface area contributed by atoms with Crippen LogP contribution in [0.1, 0.15) is 30.9 Å². The van der Waals surface area contributed by atoms with E-state index in [2.05, 4.69) is 26.4 Å². The van der Waals surface area contributed by atoms with E-state index in [0.29, 0.717) is 49.8 Å². The molecule has 1 fully saturated rings. The third-order valence-electron chi connectivity index (χ3n) is 6.15. The van der Waals surface area contributed by atoms with E-state index in [9.17, 15) is 22.8 Å². The molecule has 2 aliphatic rings. The Balaban J connectivity index is 1.25. The van der Waals surface area contributed by atoms with E-state index in [-0.39, 0.29) is 31.6 Å². The van der Waals surface area contributed by atoms with Gasteiger partial charge < -0.3 is 24.6 Å². The summed E-state index contributed by atoms with van der Waals surface area (Å²) in [6.07, 6.45) is -1.61. The topological polar surface area (TPSA) is 136 Å². The maximum atomic E-state index is 13.2. The van der Waals surface area contributed by atoms with Crippen LogP contribution in [0.25, 0.3) is 0 Å². The monoisotopic (exact) mass is 521 g/mol. The van der Waals surface area contributed by atoms with Gasteiger partial charge in [0.15, 0.2) is 11.6 Å². The number of piperazine rings is 1. The summed E-state index contributed by atoms with van der Waals surface area (Å²) in [5.74, 6) is 1.15. The fourth-order valence-corrected chi connectivity index (χ4v) is 4.41. The van der Waals surface area contributed by atoms with Gasteiger partial charge in [0.2, 0.25) is 5.91 Å². The number of carbonyl (C=O) groups is 1. The van der Waals surface area contributed by atoms with Crippen LogP contribution in [-0.2, 0) is 15.7 Å². The summed E-state index contributed by atoms with van der Waals surface area (Å²) in [7, 11) is 0. The van der Waals surface area contributed by atoms with Gasteiger partial charge in [0.05, 0.1) is 49.7 Å². The van der Waals surface area contributed by atoms with E-state index >= 15 is 0 Å². The first kappa shape index (κ1) is 26.2. The molecule has 2 aliphatic heterocycles. The minimum atomic E-state index is -4.84. The Labute approximate surface area is 210 Å². The predicted molar refractivity (Wildman–Crippen MR) is 125 cm³/mol. The number of anilines is 2. The van der Waals surface area contributed by atoms with Gasteiger partial charge in [0.25, 0.3) is 5.56 Å². The van der Waals surface area contributed by atoms with Crippen molar-refractivity contribution in [1.29, 1.82) is 5.26 Å². The number of amides is 1. The molecule has 37 heavy (non-hydrogen) atoms. The van der Waals surface area contributed by atoms with Gasteiger partial charge >= 0.3 is 6.18 Å². The van der Waals surface area contributed by atoms with Crippen molar-refractivity contribution in [3.63, 3.8) is 0 Å². The van der Waals surface area contributed by atoms with Crippen molar-refractivity contribution >= 4 is 17.4 Å². The third-order valence-corrected chi connectivity index (χ3v) is 6.15. The highest BCUT2D eigenvalue weighted by molar-refractivity contribution is 5.76. The molecule has 0 unspecified atom stereocenters. The molecule has 2 aromatic heterocycles. The zero-order chi connectivity index (χ0) is 26.6. The number of rotatable bonds is 7. The number of ether oxygens (including phenoxy) is 2. The number of nitrogens with zero attached hydrogens (tertiary/aromatic N) is 5. The lowest BCUT2D eigenvalue weighted by Crippen LogP contribution is -2.55. The zero-order valence-electron chi connectivity index (χ0n) is 20.0. The number of fused-ring (bicyclic) bond motifs is 3. The highest BCUT2D eigenvalue weighted by atomic mass is 19.4. The fraction of sp³-hybridized carbons (Fsp3) is 0.522. The number of alkyl halides is 3. The van der Waals surface area contributed by atoms with Crippen molar-refractivity contribution in [1.82, 2.24) is 20.1 Å². The Morgan fingerprint density at radius 3 is 2.97 bits per heavy atom. The average Bonchev–Trinajstić information content (AvgIpc) is 3.03. The lowest BCUT2D eigenvalue weighted by atomic mass is 10.1. The van der Waals surface area contributed by atoms with Gasteiger partial charge in [-0.15, -0.1) is 0 Å². The first-order chi connectivity index (χ1) is 17.7. The van der Waals surface area contributed by atoms with Crippen molar-refractivity contribution in [2.24, 2.45) is 0 Å². The van der Waals surface area contributed by atoms with Crippen molar-refractivity contribution in [3.8, 4) is 11.8 Å². The molecular weight excluding hydrogens is 495 g/mol. The largest absolute Gasteiger partial charge is 0.490 e. The van der Waals surface area contributed by atoms with Crippen LogP contribution in [0.15, 0.2) is 23.3 Å². The minimum Gasteiger partial charge on any atom is -0.490 e. The van der Waals surface area contributed by atoms with Crippen molar-refractivity contribution in [2.45, 2.75) is 38.0 Å². The molecule has 2 atom stereocenters. The van der Waals surface area contributed by atoms with Gasteiger partial charge in [-0.05, 0) is 6.92 Å². The number of aromatic nitrogens is 3. The van der Waals surface area contributed by atoms with E-state index < -0.39 is 29.0 Å². The molecular formula is C23H26F3N7O4. The average molecular weight is 522 g/mol. The van der Waals surface area contributed by atoms with Crippen molar-refractivity contribution < 1.29 is 27.4 Å². The van der Waals surface area contributed by atoms with Crippen LogP contribution in [0, 0.1) is 11.3 Å². The smallest absolute Gasteiger partial charge is 0.423 e. The Bertz CT molecular complexity index is 1230. The van der Waals surface area contributed by atoms with Crippen LogP contribution in [0.2, 0.25) is 0 Å². The molecule has 198 valence electrons. The summed E-state index contributed by atoms with van der Waals surface area (Å²) in [6.45, 7) is 3.72. The molecule has 1 amide bonds. The molecule has 0 saturated carbocycles. The predicted octanol–water partition coefficient (Wildman–Crippen LogP) is 1.76. The van der Waals surface area contributed by atoms with Gasteiger partial charge in [-0.25, -0.2) is 10.1 Å². The SMILES string of the molecule is C[C@@H](COCCC(=O)N1CCN2c3ncc(C#N)cc3OCC[C@@H]2C1)Nc1cn[nH]c(=O)c1C(F)(F)F. The summed E-state index contributed by atoms with van der Waals surface area (Å²) in [6, 6.07) is 3.18. The maximum Gasteiger partial charge on any atom is 0.423 e. The molecule has 0 bridgehead atoms. The van der Waals surface area contributed by atoms with E-state index in [0.717, 1.165) is 6.20 Å². The van der Waals surface area contributed by atoms with Gasteiger partial charge in [-0.2, -0.15) is 23.5 Å². The molecule has 2 N–H and O–H groups in total. The van der Waals surface area contributed by atoms with Crippen LogP contribution in [-0.4, -0.2) is 77.5 Å². The highest BCUT2D eigenvalue weighted by Crippen LogP contribution is 2.34. The summed E-state index contributed by atoms with van der Waals surface area (Å²) in [5.41, 5.74) is -2.70. The second-order valence-corrected chi connectivity index (χ2v) is 8.84. The second kappa shape index (κ2) is 11.0. The molecule has 0 radical (unpaired) electrons. The maximum absolute atomic E-state index is 13.2. The zero-order valence-corrected chi connectivity index (χ0v) is 20.0.